The fourth-order valence-electron chi connectivity index (χ4n) is 3.50. The molecule has 0 saturated heterocycles. The van der Waals surface area contributed by atoms with Crippen molar-refractivity contribution in [2.75, 3.05) is 12.8 Å². The minimum atomic E-state index is -4.90. The maximum absolute atomic E-state index is 13.6. The van der Waals surface area contributed by atoms with Gasteiger partial charge in [0, 0.05) is 17.8 Å². The Morgan fingerprint density at radius 3 is 2.30 bits per heavy atom. The van der Waals surface area contributed by atoms with Crippen LogP contribution in [0.1, 0.15) is 28.8 Å². The van der Waals surface area contributed by atoms with Crippen molar-refractivity contribution in [1.29, 1.82) is 0 Å². The van der Waals surface area contributed by atoms with Gasteiger partial charge in [-0.3, -0.25) is 4.79 Å². The van der Waals surface area contributed by atoms with Crippen LogP contribution in [0.2, 0.25) is 5.02 Å². The van der Waals surface area contributed by atoms with Gasteiger partial charge in [0.05, 0.1) is 26.2 Å². The Morgan fingerprint density at radius 2 is 1.73 bits per heavy atom. The molecular weight excluding hydrogens is 510 g/mol. The lowest BCUT2D eigenvalue weighted by molar-refractivity contribution is -0.137. The largest absolute Gasteiger partial charge is 0.416 e. The van der Waals surface area contributed by atoms with E-state index in [1.54, 1.807) is 0 Å². The van der Waals surface area contributed by atoms with Crippen molar-refractivity contribution < 1.29 is 39.2 Å². The van der Waals surface area contributed by atoms with Gasteiger partial charge in [0.25, 0.3) is 5.91 Å². The summed E-state index contributed by atoms with van der Waals surface area (Å²) < 4.78 is 101. The molecule has 3 rings (SSSR count). The average molecular weight is 528 g/mol. The van der Waals surface area contributed by atoms with Gasteiger partial charge >= 0.3 is 6.18 Å². The Labute approximate surface area is 192 Å². The number of halogens is 5. The van der Waals surface area contributed by atoms with E-state index in [9.17, 15) is 39.2 Å². The number of nitrogens with one attached hydrogen (secondary N) is 1. The monoisotopic (exact) mass is 527 g/mol. The lowest BCUT2D eigenvalue weighted by atomic mass is 9.85. The number of amides is 1. The predicted molar refractivity (Wildman–Crippen MR) is 112 cm³/mol. The molecule has 1 aliphatic carbocycles. The third-order valence-corrected chi connectivity index (χ3v) is 8.82. The van der Waals surface area contributed by atoms with E-state index in [0.29, 0.717) is 12.1 Å². The van der Waals surface area contributed by atoms with Gasteiger partial charge < -0.3 is 5.32 Å². The van der Waals surface area contributed by atoms with Crippen LogP contribution < -0.4 is 5.32 Å². The zero-order valence-electron chi connectivity index (χ0n) is 17.0. The first-order chi connectivity index (χ1) is 15.1. The van der Waals surface area contributed by atoms with Crippen molar-refractivity contribution in [1.82, 2.24) is 5.32 Å². The fourth-order valence-corrected chi connectivity index (χ4v) is 6.64. The van der Waals surface area contributed by atoms with Crippen LogP contribution in [0.25, 0.3) is 0 Å². The number of sulfone groups is 2. The molecule has 0 bridgehead atoms. The molecule has 1 aliphatic rings. The van der Waals surface area contributed by atoms with E-state index in [2.05, 4.69) is 5.32 Å². The molecular formula is C20H18ClF4NO5S2. The summed E-state index contributed by atoms with van der Waals surface area (Å²) in [5, 5.41) is 1.64. The summed E-state index contributed by atoms with van der Waals surface area (Å²) in [5.41, 5.74) is -1.52. The molecule has 2 aromatic carbocycles. The first kappa shape index (κ1) is 25.4. The van der Waals surface area contributed by atoms with Crippen molar-refractivity contribution in [2.45, 2.75) is 34.1 Å². The van der Waals surface area contributed by atoms with Crippen molar-refractivity contribution in [3.05, 3.63) is 58.4 Å². The molecule has 1 fully saturated rings. The van der Waals surface area contributed by atoms with Gasteiger partial charge in [-0.15, -0.1) is 0 Å². The highest BCUT2D eigenvalue weighted by Crippen LogP contribution is 2.38. The number of rotatable bonds is 6. The molecule has 180 valence electrons. The van der Waals surface area contributed by atoms with Gasteiger partial charge in [-0.1, -0.05) is 11.6 Å². The molecule has 2 aromatic rings. The molecule has 0 radical (unpaired) electrons. The Bertz CT molecular complexity index is 1300. The van der Waals surface area contributed by atoms with E-state index in [4.69, 9.17) is 11.6 Å². The van der Waals surface area contributed by atoms with Crippen LogP contribution in [0, 0.1) is 11.7 Å². The zero-order chi connectivity index (χ0) is 24.8. The third kappa shape index (κ3) is 5.67. The number of hydrogen-bond donors (Lipinski definition) is 1. The SMILES string of the molecule is CS(=O)(=O)c1cc(Cl)ccc1C(=O)NCC1CC(S(=O)(=O)c2cc(F)cc(C(F)(F)F)c2)C1. The van der Waals surface area contributed by atoms with Gasteiger partial charge in [0.15, 0.2) is 19.7 Å². The Balaban J connectivity index is 1.66. The minimum Gasteiger partial charge on any atom is -0.352 e. The van der Waals surface area contributed by atoms with Crippen molar-refractivity contribution >= 4 is 37.2 Å². The van der Waals surface area contributed by atoms with Crippen LogP contribution in [0.5, 0.6) is 0 Å². The summed E-state index contributed by atoms with van der Waals surface area (Å²) in [7, 11) is -7.95. The average Bonchev–Trinajstić information content (AvgIpc) is 2.64. The van der Waals surface area contributed by atoms with Crippen molar-refractivity contribution in [3.8, 4) is 0 Å². The summed E-state index contributed by atoms with van der Waals surface area (Å²) in [6.07, 6.45) is -3.89. The molecule has 0 aromatic heterocycles. The highest BCUT2D eigenvalue weighted by atomic mass is 35.5. The van der Waals surface area contributed by atoms with E-state index < -0.39 is 53.3 Å². The molecule has 1 N–H and O–H groups in total. The van der Waals surface area contributed by atoms with E-state index in [0.717, 1.165) is 12.3 Å². The highest BCUT2D eigenvalue weighted by molar-refractivity contribution is 7.92. The lowest BCUT2D eigenvalue weighted by Gasteiger charge is -2.35. The number of benzene rings is 2. The smallest absolute Gasteiger partial charge is 0.352 e. The summed E-state index contributed by atoms with van der Waals surface area (Å²) in [6.45, 7) is 0.0215. The topological polar surface area (TPSA) is 97.4 Å². The molecule has 0 aliphatic heterocycles. The summed E-state index contributed by atoms with van der Waals surface area (Å²) in [6, 6.07) is 4.93. The second-order valence-electron chi connectivity index (χ2n) is 7.80. The molecule has 1 amide bonds. The van der Waals surface area contributed by atoms with E-state index in [-0.39, 0.29) is 46.9 Å². The Kier molecular flexibility index (Phi) is 6.84. The van der Waals surface area contributed by atoms with Crippen LogP contribution in [-0.4, -0.2) is 40.8 Å². The molecule has 0 atom stereocenters. The lowest BCUT2D eigenvalue weighted by Crippen LogP contribution is -2.42. The van der Waals surface area contributed by atoms with E-state index >= 15 is 0 Å². The summed E-state index contributed by atoms with van der Waals surface area (Å²) in [4.78, 5) is 11.4. The molecule has 13 heteroatoms. The molecule has 1 saturated carbocycles. The Hall–Kier alpha value is -2.18. The van der Waals surface area contributed by atoms with Crippen LogP contribution in [0.3, 0.4) is 0 Å². The molecule has 33 heavy (non-hydrogen) atoms. The number of hydrogen-bond acceptors (Lipinski definition) is 5. The normalized spacial score (nSPS) is 19.1. The minimum absolute atomic E-state index is 0.0215. The fraction of sp³-hybridized carbons (Fsp3) is 0.350. The van der Waals surface area contributed by atoms with Gasteiger partial charge in [-0.05, 0) is 55.2 Å². The maximum Gasteiger partial charge on any atom is 0.416 e. The summed E-state index contributed by atoms with van der Waals surface area (Å²) >= 11 is 5.80. The Morgan fingerprint density at radius 1 is 1.09 bits per heavy atom. The predicted octanol–water partition coefficient (Wildman–Crippen LogP) is 3.88. The second kappa shape index (κ2) is 8.88. The summed E-state index contributed by atoms with van der Waals surface area (Å²) in [5.74, 6) is -2.31. The van der Waals surface area contributed by atoms with Crippen LogP contribution in [0.15, 0.2) is 46.2 Å². The number of alkyl halides is 3. The van der Waals surface area contributed by atoms with Gasteiger partial charge in [0.2, 0.25) is 0 Å². The van der Waals surface area contributed by atoms with Gasteiger partial charge in [-0.25, -0.2) is 21.2 Å². The molecule has 0 unspecified atom stereocenters. The second-order valence-corrected chi connectivity index (χ2v) is 12.4. The van der Waals surface area contributed by atoms with Crippen molar-refractivity contribution in [2.24, 2.45) is 5.92 Å². The number of carbonyl (C=O) groups is 1. The van der Waals surface area contributed by atoms with Crippen LogP contribution in [0.4, 0.5) is 17.6 Å². The quantitative estimate of drug-likeness (QED) is 0.575. The van der Waals surface area contributed by atoms with Crippen LogP contribution in [-0.2, 0) is 25.9 Å². The molecule has 6 nitrogen and oxygen atoms in total. The molecule has 0 heterocycles. The van der Waals surface area contributed by atoms with E-state index in [1.165, 1.54) is 12.1 Å². The third-order valence-electron chi connectivity index (χ3n) is 5.30. The first-order valence-electron chi connectivity index (χ1n) is 9.48. The van der Waals surface area contributed by atoms with Crippen molar-refractivity contribution in [3.63, 3.8) is 0 Å². The number of carbonyl (C=O) groups excluding carboxylic acids is 1. The molecule has 0 spiro atoms. The standard InChI is InChI=1S/C20H18ClF4NO5S2/c1-32(28,29)18-8-13(21)2-3-17(18)19(27)26-10-11-4-15(5-11)33(30,31)16-7-12(20(23,24)25)6-14(22)9-16/h2-3,6-9,11,15H,4-5,10H2,1H3,(H,26,27). The van der Waals surface area contributed by atoms with E-state index in [1.807, 2.05) is 0 Å². The maximum atomic E-state index is 13.6. The van der Waals surface area contributed by atoms with Crippen LogP contribution >= 0.6 is 11.6 Å². The van der Waals surface area contributed by atoms with Gasteiger partial charge in [-0.2, -0.15) is 13.2 Å². The first-order valence-corrected chi connectivity index (χ1v) is 13.3. The van der Waals surface area contributed by atoms with Gasteiger partial charge in [0.1, 0.15) is 5.82 Å². The zero-order valence-corrected chi connectivity index (χ0v) is 19.4. The highest BCUT2D eigenvalue weighted by Gasteiger charge is 2.41.